The number of carboxylic acid groups (broad SMARTS) is 1. The zero-order valence-electron chi connectivity index (χ0n) is 6.55. The largest absolute Gasteiger partial charge is 0.480 e. The van der Waals surface area contributed by atoms with Crippen molar-refractivity contribution in [1.29, 1.82) is 0 Å². The zero-order valence-corrected chi connectivity index (χ0v) is 8.14. The number of nitrogens with one attached hydrogen (secondary N) is 1. The molecule has 0 fully saturated rings. The first-order valence-corrected chi connectivity index (χ1v) is 4.29. The van der Waals surface area contributed by atoms with Crippen molar-refractivity contribution in [1.82, 2.24) is 0 Å². The average Bonchev–Trinajstić information content (AvgIpc) is 2.06. The summed E-state index contributed by atoms with van der Waals surface area (Å²) in [5, 5.41) is 10.9. The van der Waals surface area contributed by atoms with Gasteiger partial charge in [0.25, 0.3) is 0 Å². The number of anilines is 1. The van der Waals surface area contributed by atoms with E-state index in [4.69, 9.17) is 5.11 Å². The van der Waals surface area contributed by atoms with E-state index in [0.717, 1.165) is 0 Å². The molecule has 13 heavy (non-hydrogen) atoms. The molecule has 0 radical (unpaired) electrons. The number of carboxylic acids is 1. The van der Waals surface area contributed by atoms with E-state index in [0.29, 0.717) is 10.2 Å². The van der Waals surface area contributed by atoms with E-state index in [2.05, 4.69) is 21.2 Å². The van der Waals surface area contributed by atoms with Crippen LogP contribution in [0, 0.1) is 5.82 Å². The molecule has 3 nitrogen and oxygen atoms in total. The molecule has 0 unspecified atom stereocenters. The Hall–Kier alpha value is -1.10. The Morgan fingerprint density at radius 1 is 1.62 bits per heavy atom. The molecule has 70 valence electrons. The molecule has 0 aromatic heterocycles. The fourth-order valence-corrected chi connectivity index (χ4v) is 1.19. The lowest BCUT2D eigenvalue weighted by atomic mass is 10.3. The molecule has 1 aromatic carbocycles. The van der Waals surface area contributed by atoms with Gasteiger partial charge in [-0.25, -0.2) is 4.39 Å². The smallest absolute Gasteiger partial charge is 0.322 e. The minimum absolute atomic E-state index is 0.234. The maximum atomic E-state index is 12.7. The first-order valence-electron chi connectivity index (χ1n) is 3.50. The SMILES string of the molecule is O=C(O)CNc1cc(F)ccc1Br. The van der Waals surface area contributed by atoms with E-state index in [9.17, 15) is 9.18 Å². The van der Waals surface area contributed by atoms with Crippen molar-refractivity contribution in [2.75, 3.05) is 11.9 Å². The Bertz CT molecular complexity index is 330. The van der Waals surface area contributed by atoms with Gasteiger partial charge in [0.1, 0.15) is 12.4 Å². The minimum Gasteiger partial charge on any atom is -0.480 e. The van der Waals surface area contributed by atoms with Crippen LogP contribution in [0.4, 0.5) is 10.1 Å². The Kier molecular flexibility index (Phi) is 3.25. The second-order valence-corrected chi connectivity index (χ2v) is 3.23. The molecule has 0 bridgehead atoms. The Morgan fingerprint density at radius 2 is 2.31 bits per heavy atom. The highest BCUT2D eigenvalue weighted by molar-refractivity contribution is 9.10. The summed E-state index contributed by atoms with van der Waals surface area (Å²) in [5.74, 6) is -1.40. The summed E-state index contributed by atoms with van der Waals surface area (Å²) in [7, 11) is 0. The Morgan fingerprint density at radius 3 is 2.92 bits per heavy atom. The van der Waals surface area contributed by atoms with Crippen LogP contribution in [0.5, 0.6) is 0 Å². The molecule has 2 N–H and O–H groups in total. The molecule has 0 atom stereocenters. The molecule has 1 aromatic rings. The van der Waals surface area contributed by atoms with Crippen molar-refractivity contribution in [3.63, 3.8) is 0 Å². The topological polar surface area (TPSA) is 49.3 Å². The Labute approximate surface area is 82.7 Å². The molecule has 0 saturated carbocycles. The number of hydrogen-bond donors (Lipinski definition) is 2. The molecule has 0 aliphatic carbocycles. The monoisotopic (exact) mass is 247 g/mol. The predicted molar refractivity (Wildman–Crippen MR) is 50.2 cm³/mol. The lowest BCUT2D eigenvalue weighted by molar-refractivity contribution is -0.134. The van der Waals surface area contributed by atoms with Gasteiger partial charge >= 0.3 is 5.97 Å². The third-order valence-electron chi connectivity index (χ3n) is 1.36. The quantitative estimate of drug-likeness (QED) is 0.860. The van der Waals surface area contributed by atoms with E-state index in [-0.39, 0.29) is 6.54 Å². The van der Waals surface area contributed by atoms with Crippen molar-refractivity contribution in [3.8, 4) is 0 Å². The molecule has 0 aliphatic heterocycles. The van der Waals surface area contributed by atoms with Gasteiger partial charge in [-0.2, -0.15) is 0 Å². The van der Waals surface area contributed by atoms with Crippen molar-refractivity contribution in [2.24, 2.45) is 0 Å². The van der Waals surface area contributed by atoms with E-state index >= 15 is 0 Å². The molecule has 0 heterocycles. The van der Waals surface area contributed by atoms with Crippen LogP contribution >= 0.6 is 15.9 Å². The molecule has 0 amide bonds. The highest BCUT2D eigenvalue weighted by Crippen LogP contribution is 2.22. The summed E-state index contributed by atoms with van der Waals surface area (Å²) in [4.78, 5) is 10.2. The first kappa shape index (κ1) is 9.98. The van der Waals surface area contributed by atoms with Gasteiger partial charge in [-0.3, -0.25) is 4.79 Å². The van der Waals surface area contributed by atoms with Gasteiger partial charge in [0.15, 0.2) is 0 Å². The highest BCUT2D eigenvalue weighted by Gasteiger charge is 2.02. The molecule has 0 aliphatic rings. The summed E-state index contributed by atoms with van der Waals surface area (Å²) in [6.45, 7) is -0.234. The summed E-state index contributed by atoms with van der Waals surface area (Å²) < 4.78 is 13.3. The van der Waals surface area contributed by atoms with Crippen molar-refractivity contribution in [3.05, 3.63) is 28.5 Å². The first-order chi connectivity index (χ1) is 6.09. The highest BCUT2D eigenvalue weighted by atomic mass is 79.9. The van der Waals surface area contributed by atoms with Crippen LogP contribution in [-0.4, -0.2) is 17.6 Å². The minimum atomic E-state index is -0.990. The second-order valence-electron chi connectivity index (χ2n) is 2.37. The van der Waals surface area contributed by atoms with E-state index < -0.39 is 11.8 Å². The number of hydrogen-bond acceptors (Lipinski definition) is 2. The third kappa shape index (κ3) is 3.02. The fourth-order valence-electron chi connectivity index (χ4n) is 0.804. The van der Waals surface area contributed by atoms with Crippen LogP contribution in [-0.2, 0) is 4.79 Å². The standard InChI is InChI=1S/C8H7BrFNO2/c9-6-2-1-5(10)3-7(6)11-4-8(12)13/h1-3,11H,4H2,(H,12,13). The number of aliphatic carboxylic acids is 1. The fraction of sp³-hybridized carbons (Fsp3) is 0.125. The lowest BCUT2D eigenvalue weighted by Crippen LogP contribution is -2.12. The van der Waals surface area contributed by atoms with Crippen LogP contribution in [0.15, 0.2) is 22.7 Å². The second kappa shape index (κ2) is 4.23. The maximum absolute atomic E-state index is 12.7. The number of benzene rings is 1. The third-order valence-corrected chi connectivity index (χ3v) is 2.05. The molecule has 0 spiro atoms. The number of carbonyl (C=O) groups is 1. The molecule has 0 saturated heterocycles. The van der Waals surface area contributed by atoms with Crippen LogP contribution in [0.3, 0.4) is 0 Å². The summed E-state index contributed by atoms with van der Waals surface area (Å²) in [5.41, 5.74) is 0.433. The van der Waals surface area contributed by atoms with Crippen LogP contribution in [0.2, 0.25) is 0 Å². The zero-order chi connectivity index (χ0) is 9.84. The molecular weight excluding hydrogens is 241 g/mol. The van der Waals surface area contributed by atoms with Gasteiger partial charge in [-0.1, -0.05) is 0 Å². The van der Waals surface area contributed by atoms with E-state index in [1.807, 2.05) is 0 Å². The van der Waals surface area contributed by atoms with Crippen LogP contribution < -0.4 is 5.32 Å². The molecular formula is C8H7BrFNO2. The van der Waals surface area contributed by atoms with Gasteiger partial charge in [0.2, 0.25) is 0 Å². The van der Waals surface area contributed by atoms with Gasteiger partial charge in [-0.15, -0.1) is 0 Å². The van der Waals surface area contributed by atoms with E-state index in [1.165, 1.54) is 18.2 Å². The maximum Gasteiger partial charge on any atom is 0.322 e. The van der Waals surface area contributed by atoms with Gasteiger partial charge in [-0.05, 0) is 34.1 Å². The number of rotatable bonds is 3. The molecule has 5 heteroatoms. The average molecular weight is 248 g/mol. The van der Waals surface area contributed by atoms with Crippen molar-refractivity contribution in [2.45, 2.75) is 0 Å². The Balaban J connectivity index is 2.75. The van der Waals surface area contributed by atoms with Gasteiger partial charge < -0.3 is 10.4 Å². The number of halogens is 2. The lowest BCUT2D eigenvalue weighted by Gasteiger charge is -2.05. The van der Waals surface area contributed by atoms with Crippen LogP contribution in [0.25, 0.3) is 0 Å². The van der Waals surface area contributed by atoms with Crippen LogP contribution in [0.1, 0.15) is 0 Å². The molecule has 1 rings (SSSR count). The summed E-state index contributed by atoms with van der Waals surface area (Å²) in [6, 6.07) is 4.03. The van der Waals surface area contributed by atoms with E-state index in [1.54, 1.807) is 0 Å². The van der Waals surface area contributed by atoms with Crippen molar-refractivity contribution < 1.29 is 14.3 Å². The predicted octanol–water partition coefficient (Wildman–Crippen LogP) is 2.08. The van der Waals surface area contributed by atoms with Gasteiger partial charge in [0.05, 0.1) is 5.69 Å². The summed E-state index contributed by atoms with van der Waals surface area (Å²) in [6.07, 6.45) is 0. The van der Waals surface area contributed by atoms with Crippen molar-refractivity contribution >= 4 is 27.6 Å². The normalized spacial score (nSPS) is 9.69. The van der Waals surface area contributed by atoms with Gasteiger partial charge in [0, 0.05) is 4.47 Å². The summed E-state index contributed by atoms with van der Waals surface area (Å²) >= 11 is 3.16.